The van der Waals surface area contributed by atoms with Crippen LogP contribution in [0.3, 0.4) is 0 Å². The van der Waals surface area contributed by atoms with Crippen LogP contribution in [-0.2, 0) is 4.79 Å². The second-order valence-electron chi connectivity index (χ2n) is 7.42. The van der Waals surface area contributed by atoms with Gasteiger partial charge in [-0.1, -0.05) is 24.3 Å². The van der Waals surface area contributed by atoms with Crippen LogP contribution in [0, 0.1) is 0 Å². The fourth-order valence-corrected chi connectivity index (χ4v) is 3.92. The van der Waals surface area contributed by atoms with Crippen molar-refractivity contribution < 1.29 is 19.0 Å². The first kappa shape index (κ1) is 22.7. The molecule has 1 aliphatic rings. The summed E-state index contributed by atoms with van der Waals surface area (Å²) in [6.45, 7) is 5.05. The fraction of sp³-hybridized carbons (Fsp3) is 0.400. The zero-order valence-corrected chi connectivity index (χ0v) is 18.6. The first-order valence-electron chi connectivity index (χ1n) is 10.8. The summed E-state index contributed by atoms with van der Waals surface area (Å²) < 4.78 is 16.5. The van der Waals surface area contributed by atoms with E-state index in [1.165, 1.54) is 12.8 Å². The van der Waals surface area contributed by atoms with Crippen LogP contribution in [0.15, 0.2) is 48.5 Å². The third kappa shape index (κ3) is 6.01. The summed E-state index contributed by atoms with van der Waals surface area (Å²) in [7, 11) is 3.30. The van der Waals surface area contributed by atoms with Crippen molar-refractivity contribution in [3.63, 3.8) is 0 Å². The zero-order valence-electron chi connectivity index (χ0n) is 18.6. The van der Waals surface area contributed by atoms with Crippen molar-refractivity contribution in [2.45, 2.75) is 25.8 Å². The Morgan fingerprint density at radius 1 is 1.06 bits per heavy atom. The number of methoxy groups -OCH3 is 2. The van der Waals surface area contributed by atoms with Gasteiger partial charge in [0.15, 0.2) is 11.5 Å². The van der Waals surface area contributed by atoms with Crippen LogP contribution >= 0.6 is 0 Å². The molecule has 0 bridgehead atoms. The van der Waals surface area contributed by atoms with E-state index in [-0.39, 0.29) is 11.9 Å². The average Bonchev–Trinajstić information content (AvgIpc) is 3.33. The van der Waals surface area contributed by atoms with Gasteiger partial charge in [-0.15, -0.1) is 0 Å². The van der Waals surface area contributed by atoms with Gasteiger partial charge in [-0.05, 0) is 62.7 Å². The van der Waals surface area contributed by atoms with Crippen LogP contribution in [0.5, 0.6) is 17.2 Å². The summed E-state index contributed by atoms with van der Waals surface area (Å²) in [4.78, 5) is 15.0. The molecule has 0 spiro atoms. The van der Waals surface area contributed by atoms with E-state index < -0.39 is 0 Å². The van der Waals surface area contributed by atoms with E-state index in [4.69, 9.17) is 14.2 Å². The third-order valence-corrected chi connectivity index (χ3v) is 5.46. The van der Waals surface area contributed by atoms with Crippen molar-refractivity contribution in [1.29, 1.82) is 0 Å². The normalized spacial score (nSPS) is 15.1. The Bertz CT molecular complexity index is 891. The van der Waals surface area contributed by atoms with Crippen LogP contribution in [-0.4, -0.2) is 51.3 Å². The van der Waals surface area contributed by atoms with E-state index in [9.17, 15) is 4.79 Å². The molecule has 1 N–H and O–H groups in total. The van der Waals surface area contributed by atoms with Gasteiger partial charge in [-0.2, -0.15) is 0 Å². The second kappa shape index (κ2) is 11.4. The predicted octanol–water partition coefficient (Wildman–Crippen LogP) is 4.07. The van der Waals surface area contributed by atoms with Gasteiger partial charge in [0.05, 0.1) is 26.9 Å². The molecule has 166 valence electrons. The smallest absolute Gasteiger partial charge is 0.244 e. The number of nitrogens with zero attached hydrogens (tertiary/aromatic N) is 1. The van der Waals surface area contributed by atoms with Gasteiger partial charge < -0.3 is 19.5 Å². The van der Waals surface area contributed by atoms with E-state index >= 15 is 0 Å². The summed E-state index contributed by atoms with van der Waals surface area (Å²) in [5.41, 5.74) is 1.98. The molecule has 2 aromatic rings. The molecular weight excluding hydrogens is 392 g/mol. The summed E-state index contributed by atoms with van der Waals surface area (Å²) in [5.74, 6) is 2.06. The van der Waals surface area contributed by atoms with Gasteiger partial charge in [0.25, 0.3) is 0 Å². The number of ether oxygens (including phenoxy) is 3. The lowest BCUT2D eigenvalue weighted by Crippen LogP contribution is -2.36. The van der Waals surface area contributed by atoms with Crippen LogP contribution in [0.25, 0.3) is 6.08 Å². The van der Waals surface area contributed by atoms with Crippen molar-refractivity contribution in [3.05, 3.63) is 59.7 Å². The quantitative estimate of drug-likeness (QED) is 0.583. The topological polar surface area (TPSA) is 60.0 Å². The Balaban J connectivity index is 1.68. The van der Waals surface area contributed by atoms with Gasteiger partial charge in [-0.3, -0.25) is 9.69 Å². The minimum Gasteiger partial charge on any atom is -0.496 e. The number of carbonyl (C=O) groups is 1. The number of benzene rings is 2. The number of hydrogen-bond acceptors (Lipinski definition) is 5. The largest absolute Gasteiger partial charge is 0.496 e. The Labute approximate surface area is 184 Å². The predicted molar refractivity (Wildman–Crippen MR) is 123 cm³/mol. The summed E-state index contributed by atoms with van der Waals surface area (Å²) >= 11 is 0. The highest BCUT2D eigenvalue weighted by Gasteiger charge is 2.26. The fourth-order valence-electron chi connectivity index (χ4n) is 3.92. The molecule has 1 fully saturated rings. The molecule has 1 atom stereocenters. The molecule has 1 heterocycles. The lowest BCUT2D eigenvalue weighted by Gasteiger charge is -2.29. The van der Waals surface area contributed by atoms with Crippen molar-refractivity contribution in [2.75, 3.05) is 40.5 Å². The molecule has 1 aliphatic heterocycles. The molecule has 1 saturated heterocycles. The number of amides is 1. The molecule has 31 heavy (non-hydrogen) atoms. The van der Waals surface area contributed by atoms with Crippen LogP contribution < -0.4 is 19.5 Å². The third-order valence-electron chi connectivity index (χ3n) is 5.46. The number of para-hydroxylation sites is 1. The number of likely N-dealkylation sites (tertiary alicyclic amines) is 1. The van der Waals surface area contributed by atoms with E-state index in [0.717, 1.165) is 30.0 Å². The van der Waals surface area contributed by atoms with E-state index in [0.29, 0.717) is 24.7 Å². The first-order chi connectivity index (χ1) is 15.2. The van der Waals surface area contributed by atoms with Gasteiger partial charge in [0.2, 0.25) is 5.91 Å². The van der Waals surface area contributed by atoms with Crippen LogP contribution in [0.1, 0.15) is 36.9 Å². The lowest BCUT2D eigenvalue weighted by atomic mass is 10.0. The maximum Gasteiger partial charge on any atom is 0.244 e. The molecule has 3 rings (SSSR count). The minimum absolute atomic E-state index is 0.0848. The monoisotopic (exact) mass is 424 g/mol. The first-order valence-corrected chi connectivity index (χ1v) is 10.8. The average molecular weight is 425 g/mol. The summed E-state index contributed by atoms with van der Waals surface area (Å²) in [6.07, 6.45) is 5.70. The SMILES string of the molecule is CCOc1cc(/C=C/C(=O)NCC(c2ccccc2OC)N2CCCC2)ccc1OC. The van der Waals surface area contributed by atoms with Crippen LogP contribution in [0.4, 0.5) is 0 Å². The van der Waals surface area contributed by atoms with Crippen molar-refractivity contribution in [3.8, 4) is 17.2 Å². The molecule has 0 radical (unpaired) electrons. The molecular formula is C25H32N2O4. The maximum atomic E-state index is 12.6. The molecule has 6 heteroatoms. The van der Waals surface area contributed by atoms with Crippen molar-refractivity contribution in [1.82, 2.24) is 10.2 Å². The Morgan fingerprint density at radius 3 is 2.52 bits per heavy atom. The number of carbonyl (C=O) groups excluding carboxylic acids is 1. The molecule has 1 amide bonds. The Kier molecular flexibility index (Phi) is 8.35. The van der Waals surface area contributed by atoms with E-state index in [1.807, 2.05) is 43.3 Å². The maximum absolute atomic E-state index is 12.6. The number of hydrogen-bond donors (Lipinski definition) is 1. The van der Waals surface area contributed by atoms with Gasteiger partial charge in [0, 0.05) is 18.2 Å². The number of rotatable bonds is 10. The highest BCUT2D eigenvalue weighted by Crippen LogP contribution is 2.31. The van der Waals surface area contributed by atoms with Gasteiger partial charge >= 0.3 is 0 Å². The van der Waals surface area contributed by atoms with Crippen molar-refractivity contribution in [2.24, 2.45) is 0 Å². The molecule has 1 unspecified atom stereocenters. The molecule has 6 nitrogen and oxygen atoms in total. The zero-order chi connectivity index (χ0) is 22.1. The van der Waals surface area contributed by atoms with E-state index in [1.54, 1.807) is 26.4 Å². The van der Waals surface area contributed by atoms with Crippen LogP contribution in [0.2, 0.25) is 0 Å². The summed E-state index contributed by atoms with van der Waals surface area (Å²) in [6, 6.07) is 13.7. The Morgan fingerprint density at radius 2 is 1.81 bits per heavy atom. The lowest BCUT2D eigenvalue weighted by molar-refractivity contribution is -0.116. The van der Waals surface area contributed by atoms with Gasteiger partial charge in [0.1, 0.15) is 5.75 Å². The Hall–Kier alpha value is -2.99. The highest BCUT2D eigenvalue weighted by molar-refractivity contribution is 5.91. The molecule has 2 aromatic carbocycles. The highest BCUT2D eigenvalue weighted by atomic mass is 16.5. The summed E-state index contributed by atoms with van der Waals surface area (Å²) in [5, 5.41) is 3.06. The molecule has 0 saturated carbocycles. The second-order valence-corrected chi connectivity index (χ2v) is 7.42. The molecule has 0 aromatic heterocycles. The standard InChI is InChI=1S/C25H32N2O4/c1-4-31-24-17-19(11-13-23(24)30-3)12-14-25(28)26-18-21(27-15-7-8-16-27)20-9-5-6-10-22(20)29-2/h5-6,9-14,17,21H,4,7-8,15-16,18H2,1-3H3,(H,26,28)/b14-12+. The number of nitrogens with one attached hydrogen (secondary N) is 1. The van der Waals surface area contributed by atoms with Gasteiger partial charge in [-0.25, -0.2) is 0 Å². The minimum atomic E-state index is -0.132. The molecule has 0 aliphatic carbocycles. The van der Waals surface area contributed by atoms with E-state index in [2.05, 4.69) is 16.3 Å². The van der Waals surface area contributed by atoms with Crippen molar-refractivity contribution >= 4 is 12.0 Å².